The zero-order chi connectivity index (χ0) is 10.1. The predicted molar refractivity (Wildman–Crippen MR) is 53.3 cm³/mol. The van der Waals surface area contributed by atoms with Crippen LogP contribution in [0.25, 0.3) is 0 Å². The number of hydrogen-bond donors (Lipinski definition) is 1. The van der Waals surface area contributed by atoms with E-state index in [9.17, 15) is 4.79 Å². The average Bonchev–Trinajstić information content (AvgIpc) is 2.10. The summed E-state index contributed by atoms with van der Waals surface area (Å²) in [5.41, 5.74) is 5.32. The maximum Gasteiger partial charge on any atom is 0.246 e. The van der Waals surface area contributed by atoms with Crippen molar-refractivity contribution in [2.45, 2.75) is 32.6 Å². The van der Waals surface area contributed by atoms with E-state index >= 15 is 0 Å². The van der Waals surface area contributed by atoms with Crippen LogP contribution in [-0.2, 0) is 9.53 Å². The molecule has 0 unspecified atom stereocenters. The van der Waals surface area contributed by atoms with Crippen molar-refractivity contribution in [2.24, 2.45) is 5.73 Å². The highest BCUT2D eigenvalue weighted by Crippen LogP contribution is 1.99. The first-order chi connectivity index (χ1) is 6.18. The highest BCUT2D eigenvalue weighted by molar-refractivity contribution is 5.91. The van der Waals surface area contributed by atoms with Crippen molar-refractivity contribution >= 4 is 5.91 Å². The third-order valence-corrected chi connectivity index (χ3v) is 1.77. The summed E-state index contributed by atoms with van der Waals surface area (Å²) in [7, 11) is 0. The summed E-state index contributed by atoms with van der Waals surface area (Å²) in [6, 6.07) is 0. The molecule has 0 aromatic heterocycles. The number of unbranched alkanes of at least 4 members (excludes halogenated alkanes) is 3. The fraction of sp³-hybridized carbons (Fsp3) is 0.700. The van der Waals surface area contributed by atoms with E-state index in [1.807, 2.05) is 0 Å². The van der Waals surface area contributed by atoms with E-state index < -0.39 is 5.91 Å². The Morgan fingerprint density at radius 3 is 2.62 bits per heavy atom. The smallest absolute Gasteiger partial charge is 0.246 e. The van der Waals surface area contributed by atoms with Gasteiger partial charge in [0.15, 0.2) is 0 Å². The van der Waals surface area contributed by atoms with E-state index in [0.29, 0.717) is 12.2 Å². The molecule has 0 fully saturated rings. The molecule has 0 radical (unpaired) electrons. The van der Waals surface area contributed by atoms with Gasteiger partial charge in [-0.2, -0.15) is 0 Å². The van der Waals surface area contributed by atoms with E-state index in [0.717, 1.165) is 6.42 Å². The Hall–Kier alpha value is -0.830. The Labute approximate surface area is 79.9 Å². The van der Waals surface area contributed by atoms with Crippen LogP contribution in [0.2, 0.25) is 0 Å². The Balaban J connectivity index is 3.16. The highest BCUT2D eigenvalue weighted by atomic mass is 16.5. The monoisotopic (exact) mass is 185 g/mol. The molecule has 13 heavy (non-hydrogen) atoms. The van der Waals surface area contributed by atoms with Gasteiger partial charge in [0.1, 0.15) is 0 Å². The zero-order valence-corrected chi connectivity index (χ0v) is 8.34. The molecule has 0 aromatic carbocycles. The lowest BCUT2D eigenvalue weighted by molar-refractivity contribution is -0.115. The van der Waals surface area contributed by atoms with Gasteiger partial charge in [-0.25, -0.2) is 0 Å². The Morgan fingerprint density at radius 2 is 2.08 bits per heavy atom. The maximum atomic E-state index is 10.5. The van der Waals surface area contributed by atoms with Crippen molar-refractivity contribution in [2.75, 3.05) is 13.2 Å². The highest BCUT2D eigenvalue weighted by Gasteiger charge is 2.00. The lowest BCUT2D eigenvalue weighted by Crippen LogP contribution is -2.17. The number of rotatable bonds is 8. The predicted octanol–water partition coefficient (Wildman–Crippen LogP) is 1.62. The number of carbonyl (C=O) groups excluding carboxylic acids is 1. The number of ether oxygens (including phenoxy) is 1. The topological polar surface area (TPSA) is 52.3 Å². The quantitative estimate of drug-likeness (QED) is 0.461. The molecule has 0 atom stereocenters. The number of nitrogens with two attached hydrogens (primary N) is 1. The van der Waals surface area contributed by atoms with Crippen LogP contribution in [0.15, 0.2) is 12.2 Å². The summed E-state index contributed by atoms with van der Waals surface area (Å²) in [5.74, 6) is -0.478. The van der Waals surface area contributed by atoms with Gasteiger partial charge in [0.2, 0.25) is 5.91 Å². The molecule has 0 bridgehead atoms. The lowest BCUT2D eigenvalue weighted by Gasteiger charge is -2.03. The van der Waals surface area contributed by atoms with E-state index in [4.69, 9.17) is 10.5 Å². The standard InChI is InChI=1S/C10H19NO2/c1-3-4-5-6-7-13-8-9(2)10(11)12/h2-8H2,1H3,(H2,11,12). The van der Waals surface area contributed by atoms with Crippen LogP contribution in [-0.4, -0.2) is 19.1 Å². The maximum absolute atomic E-state index is 10.5. The summed E-state index contributed by atoms with van der Waals surface area (Å²) in [5, 5.41) is 0. The van der Waals surface area contributed by atoms with Crippen LogP contribution in [0.4, 0.5) is 0 Å². The average molecular weight is 185 g/mol. The van der Waals surface area contributed by atoms with Crippen molar-refractivity contribution in [3.8, 4) is 0 Å². The summed E-state index contributed by atoms with van der Waals surface area (Å²) in [4.78, 5) is 10.5. The molecule has 3 heteroatoms. The first-order valence-corrected chi connectivity index (χ1v) is 4.73. The van der Waals surface area contributed by atoms with Gasteiger partial charge in [0, 0.05) is 12.2 Å². The number of carbonyl (C=O) groups is 1. The SMILES string of the molecule is C=C(COCCCCCC)C(N)=O. The van der Waals surface area contributed by atoms with Crippen LogP contribution in [0.5, 0.6) is 0 Å². The zero-order valence-electron chi connectivity index (χ0n) is 8.34. The molecular formula is C10H19NO2. The second-order valence-corrected chi connectivity index (χ2v) is 3.08. The molecule has 0 aliphatic carbocycles. The molecule has 0 rings (SSSR count). The van der Waals surface area contributed by atoms with Gasteiger partial charge in [-0.05, 0) is 6.42 Å². The van der Waals surface area contributed by atoms with Gasteiger partial charge >= 0.3 is 0 Å². The van der Waals surface area contributed by atoms with Crippen molar-refractivity contribution in [3.63, 3.8) is 0 Å². The normalized spacial score (nSPS) is 9.92. The van der Waals surface area contributed by atoms with E-state index in [1.165, 1.54) is 19.3 Å². The van der Waals surface area contributed by atoms with Crippen molar-refractivity contribution in [1.29, 1.82) is 0 Å². The summed E-state index contributed by atoms with van der Waals surface area (Å²) in [6.45, 7) is 6.60. The van der Waals surface area contributed by atoms with Crippen LogP contribution in [0.3, 0.4) is 0 Å². The summed E-state index contributed by atoms with van der Waals surface area (Å²) in [6.07, 6.45) is 4.67. The van der Waals surface area contributed by atoms with Crippen LogP contribution in [0.1, 0.15) is 32.6 Å². The molecule has 0 aliphatic rings. The molecule has 0 aromatic rings. The van der Waals surface area contributed by atoms with Crippen LogP contribution >= 0.6 is 0 Å². The van der Waals surface area contributed by atoms with Crippen molar-refractivity contribution in [3.05, 3.63) is 12.2 Å². The Morgan fingerprint density at radius 1 is 1.38 bits per heavy atom. The lowest BCUT2D eigenvalue weighted by atomic mass is 10.2. The first-order valence-electron chi connectivity index (χ1n) is 4.73. The van der Waals surface area contributed by atoms with Gasteiger partial charge in [0.05, 0.1) is 6.61 Å². The minimum absolute atomic E-state index is 0.265. The molecule has 0 aliphatic heterocycles. The van der Waals surface area contributed by atoms with E-state index in [1.54, 1.807) is 0 Å². The number of primary amides is 1. The Kier molecular flexibility index (Phi) is 7.30. The molecule has 2 N–H and O–H groups in total. The summed E-state index contributed by atoms with van der Waals surface area (Å²) >= 11 is 0. The summed E-state index contributed by atoms with van der Waals surface area (Å²) < 4.78 is 5.20. The van der Waals surface area contributed by atoms with Gasteiger partial charge in [0.25, 0.3) is 0 Å². The number of amides is 1. The van der Waals surface area contributed by atoms with Gasteiger partial charge in [-0.3, -0.25) is 4.79 Å². The van der Waals surface area contributed by atoms with Crippen molar-refractivity contribution in [1.82, 2.24) is 0 Å². The van der Waals surface area contributed by atoms with Gasteiger partial charge in [-0.15, -0.1) is 0 Å². The van der Waals surface area contributed by atoms with Gasteiger partial charge in [-0.1, -0.05) is 32.8 Å². The molecular weight excluding hydrogens is 166 g/mol. The third-order valence-electron chi connectivity index (χ3n) is 1.77. The van der Waals surface area contributed by atoms with Crippen LogP contribution < -0.4 is 5.73 Å². The van der Waals surface area contributed by atoms with Crippen LogP contribution in [0, 0.1) is 0 Å². The second kappa shape index (κ2) is 7.80. The second-order valence-electron chi connectivity index (χ2n) is 3.08. The van der Waals surface area contributed by atoms with Gasteiger partial charge < -0.3 is 10.5 Å². The third kappa shape index (κ3) is 7.53. The van der Waals surface area contributed by atoms with E-state index in [-0.39, 0.29) is 6.61 Å². The van der Waals surface area contributed by atoms with E-state index in [2.05, 4.69) is 13.5 Å². The molecule has 0 saturated carbocycles. The molecule has 76 valence electrons. The first kappa shape index (κ1) is 12.2. The minimum Gasteiger partial charge on any atom is -0.377 e. The molecule has 0 saturated heterocycles. The minimum atomic E-state index is -0.478. The number of hydrogen-bond acceptors (Lipinski definition) is 2. The fourth-order valence-corrected chi connectivity index (χ4v) is 0.897. The molecule has 1 amide bonds. The largest absolute Gasteiger partial charge is 0.377 e. The molecule has 3 nitrogen and oxygen atoms in total. The van der Waals surface area contributed by atoms with Crippen molar-refractivity contribution < 1.29 is 9.53 Å². The Bertz CT molecular complexity index is 166. The fourth-order valence-electron chi connectivity index (χ4n) is 0.897. The molecule has 0 spiro atoms. The molecule has 0 heterocycles.